The fourth-order valence-corrected chi connectivity index (χ4v) is 4.48. The summed E-state index contributed by atoms with van der Waals surface area (Å²) in [6.45, 7) is 11.1. The largest absolute Gasteiger partial charge is 0.379 e. The normalized spacial score (nSPS) is 18.8. The lowest BCUT2D eigenvalue weighted by Crippen LogP contribution is -2.55. The molecule has 0 amide bonds. The lowest BCUT2D eigenvalue weighted by atomic mass is 10.0. The van der Waals surface area contributed by atoms with Crippen LogP contribution in [0.15, 0.2) is 33.9 Å². The van der Waals surface area contributed by atoms with Gasteiger partial charge in [-0.05, 0) is 32.0 Å². The summed E-state index contributed by atoms with van der Waals surface area (Å²) in [5.41, 5.74) is 1.18. The van der Waals surface area contributed by atoms with Crippen LogP contribution < -0.4 is 26.0 Å². The molecule has 2 aromatic carbocycles. The molecule has 2 heterocycles. The molecule has 162 valence electrons. The quantitative estimate of drug-likeness (QED) is 0.698. The van der Waals surface area contributed by atoms with Crippen LogP contribution in [0.25, 0.3) is 0 Å². The van der Waals surface area contributed by atoms with Gasteiger partial charge >= 0.3 is 0 Å². The summed E-state index contributed by atoms with van der Waals surface area (Å²) < 4.78 is 5.44. The second kappa shape index (κ2) is 8.57. The number of nitrogens with one attached hydrogen (secondary N) is 1. The molecule has 1 N–H and O–H groups in total. The van der Waals surface area contributed by atoms with Crippen LogP contribution in [-0.4, -0.2) is 69.5 Å². The first-order valence-corrected chi connectivity index (χ1v) is 10.9. The summed E-state index contributed by atoms with van der Waals surface area (Å²) in [4.78, 5) is 31.3. The predicted molar refractivity (Wildman–Crippen MR) is 122 cm³/mol. The molecule has 7 nitrogen and oxygen atoms in total. The van der Waals surface area contributed by atoms with Crippen molar-refractivity contribution >= 4 is 28.7 Å². The summed E-state index contributed by atoms with van der Waals surface area (Å²) in [5.74, 6) is 0. The Morgan fingerprint density at radius 2 is 1.67 bits per heavy atom. The van der Waals surface area contributed by atoms with Gasteiger partial charge < -0.3 is 19.9 Å². The molecule has 2 aromatic rings. The average molecular weight is 433 g/mol. The standard InChI is InChI=1S/C22H29ClN4O3/c1-22(2,27-10-12-30-13-11-27)15-24-18-19(21(29)20(18)28)26-8-6-25(7-9-26)17-5-3-4-16(23)14-17/h3-5,14,24H,6-13,15H2,1-2H3. The molecule has 2 aliphatic rings. The van der Waals surface area contributed by atoms with Crippen LogP contribution in [0.3, 0.4) is 0 Å². The Balaban J connectivity index is 1.40. The second-order valence-electron chi connectivity index (χ2n) is 8.60. The highest BCUT2D eigenvalue weighted by Gasteiger charge is 2.32. The first kappa shape index (κ1) is 21.2. The van der Waals surface area contributed by atoms with Crippen molar-refractivity contribution in [3.8, 4) is 0 Å². The number of nitrogens with zero attached hydrogens (tertiary/aromatic N) is 3. The summed E-state index contributed by atoms with van der Waals surface area (Å²) in [5, 5.41) is 4.00. The summed E-state index contributed by atoms with van der Waals surface area (Å²) >= 11 is 6.11. The number of piperazine rings is 1. The number of anilines is 3. The van der Waals surface area contributed by atoms with Crippen LogP contribution in [0, 0.1) is 0 Å². The zero-order valence-electron chi connectivity index (χ0n) is 17.6. The van der Waals surface area contributed by atoms with Crippen molar-refractivity contribution in [2.75, 3.05) is 74.1 Å². The van der Waals surface area contributed by atoms with Crippen molar-refractivity contribution in [1.82, 2.24) is 4.90 Å². The first-order valence-electron chi connectivity index (χ1n) is 10.5. The Morgan fingerprint density at radius 3 is 2.33 bits per heavy atom. The van der Waals surface area contributed by atoms with Gasteiger partial charge in [0, 0.05) is 62.1 Å². The number of rotatable bonds is 6. The molecule has 30 heavy (non-hydrogen) atoms. The zero-order valence-corrected chi connectivity index (χ0v) is 18.4. The lowest BCUT2D eigenvalue weighted by Gasteiger charge is -2.42. The molecule has 0 unspecified atom stereocenters. The molecule has 0 radical (unpaired) electrons. The van der Waals surface area contributed by atoms with E-state index >= 15 is 0 Å². The van der Waals surface area contributed by atoms with Crippen LogP contribution in [0.2, 0.25) is 5.02 Å². The lowest BCUT2D eigenvalue weighted by molar-refractivity contribution is -0.00569. The van der Waals surface area contributed by atoms with E-state index in [-0.39, 0.29) is 11.0 Å². The molecule has 2 saturated heterocycles. The van der Waals surface area contributed by atoms with Crippen LogP contribution in [0.5, 0.6) is 0 Å². The molecule has 0 spiro atoms. The van der Waals surface area contributed by atoms with E-state index in [1.807, 2.05) is 29.2 Å². The van der Waals surface area contributed by atoms with E-state index in [4.69, 9.17) is 16.3 Å². The third-order valence-electron chi connectivity index (χ3n) is 6.22. The number of morpholine rings is 1. The van der Waals surface area contributed by atoms with Gasteiger partial charge in [0.15, 0.2) is 0 Å². The molecular formula is C22H29ClN4O3. The maximum Gasteiger partial charge on any atom is 0.253 e. The molecule has 2 fully saturated rings. The van der Waals surface area contributed by atoms with Gasteiger partial charge in [0.2, 0.25) is 0 Å². The van der Waals surface area contributed by atoms with Gasteiger partial charge in [0.1, 0.15) is 11.4 Å². The molecule has 0 aromatic heterocycles. The van der Waals surface area contributed by atoms with Crippen molar-refractivity contribution in [3.05, 3.63) is 49.7 Å². The van der Waals surface area contributed by atoms with Crippen LogP contribution >= 0.6 is 11.6 Å². The van der Waals surface area contributed by atoms with E-state index in [1.165, 1.54) is 0 Å². The average Bonchev–Trinajstić information content (AvgIpc) is 2.77. The molecule has 8 heteroatoms. The molecule has 2 aliphatic heterocycles. The Morgan fingerprint density at radius 1 is 1.00 bits per heavy atom. The third-order valence-corrected chi connectivity index (χ3v) is 6.45. The number of hydrogen-bond acceptors (Lipinski definition) is 7. The molecule has 0 atom stereocenters. The van der Waals surface area contributed by atoms with Crippen molar-refractivity contribution in [3.63, 3.8) is 0 Å². The van der Waals surface area contributed by atoms with Gasteiger partial charge in [-0.25, -0.2) is 0 Å². The van der Waals surface area contributed by atoms with Gasteiger partial charge in [-0.15, -0.1) is 0 Å². The summed E-state index contributed by atoms with van der Waals surface area (Å²) in [7, 11) is 0. The van der Waals surface area contributed by atoms with E-state index in [0.29, 0.717) is 36.0 Å². The van der Waals surface area contributed by atoms with Crippen LogP contribution in [0.1, 0.15) is 13.8 Å². The molecule has 0 bridgehead atoms. The monoisotopic (exact) mass is 432 g/mol. The molecule has 4 rings (SSSR count). The topological polar surface area (TPSA) is 65.1 Å². The summed E-state index contributed by atoms with van der Waals surface area (Å²) in [6.07, 6.45) is 0. The molecule has 0 saturated carbocycles. The number of benzene rings is 1. The highest BCUT2D eigenvalue weighted by molar-refractivity contribution is 6.30. The van der Waals surface area contributed by atoms with E-state index in [9.17, 15) is 9.59 Å². The minimum atomic E-state index is -0.403. The van der Waals surface area contributed by atoms with E-state index in [1.54, 1.807) is 0 Å². The maximum atomic E-state index is 12.3. The van der Waals surface area contributed by atoms with E-state index in [2.05, 4.69) is 29.0 Å². The van der Waals surface area contributed by atoms with Crippen LogP contribution in [0.4, 0.5) is 17.1 Å². The Kier molecular flexibility index (Phi) is 6.04. The smallest absolute Gasteiger partial charge is 0.253 e. The van der Waals surface area contributed by atoms with Gasteiger partial charge in [0.05, 0.1) is 13.2 Å². The molecular weight excluding hydrogens is 404 g/mol. The maximum absolute atomic E-state index is 12.3. The van der Waals surface area contributed by atoms with E-state index in [0.717, 1.165) is 45.1 Å². The Labute approximate surface area is 181 Å². The second-order valence-corrected chi connectivity index (χ2v) is 9.04. The summed E-state index contributed by atoms with van der Waals surface area (Å²) in [6, 6.07) is 7.80. The van der Waals surface area contributed by atoms with Gasteiger partial charge in [-0.1, -0.05) is 17.7 Å². The SMILES string of the molecule is CC(C)(CNc1c(N2CCN(c3cccc(Cl)c3)CC2)c(=O)c1=O)N1CCOCC1. The number of hydrogen-bond donors (Lipinski definition) is 1. The third kappa shape index (κ3) is 4.19. The minimum absolute atomic E-state index is 0.133. The van der Waals surface area contributed by atoms with Crippen molar-refractivity contribution in [2.24, 2.45) is 0 Å². The first-order chi connectivity index (χ1) is 14.4. The number of ether oxygens (including phenoxy) is 1. The fourth-order valence-electron chi connectivity index (χ4n) is 4.29. The van der Waals surface area contributed by atoms with Crippen molar-refractivity contribution in [1.29, 1.82) is 0 Å². The fraction of sp³-hybridized carbons (Fsp3) is 0.545. The molecule has 0 aliphatic carbocycles. The predicted octanol–water partition coefficient (Wildman–Crippen LogP) is 1.79. The highest BCUT2D eigenvalue weighted by atomic mass is 35.5. The minimum Gasteiger partial charge on any atom is -0.379 e. The Hall–Kier alpha value is -2.09. The van der Waals surface area contributed by atoms with Gasteiger partial charge in [-0.2, -0.15) is 0 Å². The Bertz CT molecular complexity index is 956. The van der Waals surface area contributed by atoms with Crippen molar-refractivity contribution < 1.29 is 4.74 Å². The van der Waals surface area contributed by atoms with E-state index < -0.39 is 5.43 Å². The van der Waals surface area contributed by atoms with Crippen molar-refractivity contribution in [2.45, 2.75) is 19.4 Å². The highest BCUT2D eigenvalue weighted by Crippen LogP contribution is 2.26. The number of halogens is 1. The van der Waals surface area contributed by atoms with Gasteiger partial charge in [0.25, 0.3) is 10.9 Å². The zero-order chi connectivity index (χ0) is 21.3. The van der Waals surface area contributed by atoms with Crippen LogP contribution in [-0.2, 0) is 4.74 Å². The van der Waals surface area contributed by atoms with Gasteiger partial charge in [-0.3, -0.25) is 14.5 Å².